The molecule has 3 rings (SSSR count). The highest BCUT2D eigenvalue weighted by Gasteiger charge is 2.38. The maximum absolute atomic E-state index is 12.8. The third-order valence-electron chi connectivity index (χ3n) is 5.26. The first-order valence-corrected chi connectivity index (χ1v) is 9.83. The fourth-order valence-corrected chi connectivity index (χ4v) is 3.62. The van der Waals surface area contributed by atoms with Crippen molar-refractivity contribution in [2.45, 2.75) is 51.2 Å². The average Bonchev–Trinajstić information content (AvgIpc) is 2.71. The third-order valence-corrected chi connectivity index (χ3v) is 5.26. The minimum atomic E-state index is -0.648. The summed E-state index contributed by atoms with van der Waals surface area (Å²) in [6.45, 7) is 2.21. The molecule has 1 N–H and O–H groups in total. The van der Waals surface area contributed by atoms with E-state index in [4.69, 9.17) is 9.84 Å². The molecule has 0 bridgehead atoms. The van der Waals surface area contributed by atoms with E-state index in [2.05, 4.69) is 13.0 Å². The van der Waals surface area contributed by atoms with Crippen LogP contribution in [0.4, 0.5) is 0 Å². The SMILES string of the molecule is CCCCCC1(c2ccccc2)C=CC(Cc2ccc(CO)cc2)C(=O)O1. The maximum atomic E-state index is 12.8. The molecule has 1 aliphatic heterocycles. The number of hydrogen-bond donors (Lipinski definition) is 1. The molecule has 0 aromatic heterocycles. The topological polar surface area (TPSA) is 46.5 Å². The van der Waals surface area contributed by atoms with Crippen LogP contribution in [0.25, 0.3) is 0 Å². The Balaban J connectivity index is 1.79. The third kappa shape index (κ3) is 4.67. The summed E-state index contributed by atoms with van der Waals surface area (Å²) < 4.78 is 6.07. The molecule has 0 saturated heterocycles. The molecule has 27 heavy (non-hydrogen) atoms. The Morgan fingerprint density at radius 2 is 1.70 bits per heavy atom. The van der Waals surface area contributed by atoms with E-state index in [0.717, 1.165) is 42.4 Å². The summed E-state index contributed by atoms with van der Waals surface area (Å²) in [5.74, 6) is -0.433. The number of carbonyl (C=O) groups excluding carboxylic acids is 1. The minimum absolute atomic E-state index is 0.0308. The van der Waals surface area contributed by atoms with Crippen LogP contribution in [0.2, 0.25) is 0 Å². The lowest BCUT2D eigenvalue weighted by Gasteiger charge is -2.36. The summed E-state index contributed by atoms with van der Waals surface area (Å²) in [5.41, 5.74) is 2.33. The molecule has 3 heteroatoms. The lowest BCUT2D eigenvalue weighted by Crippen LogP contribution is -2.37. The van der Waals surface area contributed by atoms with Crippen molar-refractivity contribution in [3.05, 3.63) is 83.4 Å². The van der Waals surface area contributed by atoms with Gasteiger partial charge in [-0.25, -0.2) is 0 Å². The van der Waals surface area contributed by atoms with Crippen LogP contribution in [0, 0.1) is 5.92 Å². The van der Waals surface area contributed by atoms with Crippen molar-refractivity contribution in [1.29, 1.82) is 0 Å². The zero-order chi connectivity index (χ0) is 19.1. The van der Waals surface area contributed by atoms with Crippen molar-refractivity contribution < 1.29 is 14.6 Å². The number of aliphatic hydroxyl groups is 1. The molecule has 1 aliphatic rings. The van der Waals surface area contributed by atoms with Gasteiger partial charge in [0.15, 0.2) is 5.60 Å². The molecule has 0 amide bonds. The predicted octanol–water partition coefficient (Wildman–Crippen LogP) is 4.93. The number of aliphatic hydroxyl groups excluding tert-OH is 1. The summed E-state index contributed by atoms with van der Waals surface area (Å²) in [4.78, 5) is 12.8. The zero-order valence-corrected chi connectivity index (χ0v) is 15.9. The predicted molar refractivity (Wildman–Crippen MR) is 107 cm³/mol. The Labute approximate surface area is 161 Å². The van der Waals surface area contributed by atoms with E-state index < -0.39 is 5.60 Å². The highest BCUT2D eigenvalue weighted by molar-refractivity contribution is 5.77. The number of carbonyl (C=O) groups is 1. The lowest BCUT2D eigenvalue weighted by molar-refractivity contribution is -0.162. The molecule has 2 aromatic carbocycles. The van der Waals surface area contributed by atoms with Crippen LogP contribution in [-0.4, -0.2) is 11.1 Å². The fourth-order valence-electron chi connectivity index (χ4n) is 3.62. The molecular weight excluding hydrogens is 336 g/mol. The quantitative estimate of drug-likeness (QED) is 0.410. The summed E-state index contributed by atoms with van der Waals surface area (Å²) in [7, 11) is 0. The van der Waals surface area contributed by atoms with E-state index in [1.165, 1.54) is 0 Å². The number of rotatable bonds is 8. The van der Waals surface area contributed by atoms with Crippen molar-refractivity contribution in [1.82, 2.24) is 0 Å². The number of esters is 1. The number of cyclic esters (lactones) is 1. The molecule has 1 heterocycles. The first-order chi connectivity index (χ1) is 13.2. The van der Waals surface area contributed by atoms with Crippen LogP contribution in [-0.2, 0) is 28.2 Å². The lowest BCUT2D eigenvalue weighted by atomic mass is 9.83. The number of hydrogen-bond acceptors (Lipinski definition) is 3. The second-order valence-electron chi connectivity index (χ2n) is 7.28. The van der Waals surface area contributed by atoms with Crippen LogP contribution >= 0.6 is 0 Å². The van der Waals surface area contributed by atoms with Crippen LogP contribution in [0.5, 0.6) is 0 Å². The molecule has 3 nitrogen and oxygen atoms in total. The van der Waals surface area contributed by atoms with Crippen molar-refractivity contribution in [2.75, 3.05) is 0 Å². The highest BCUT2D eigenvalue weighted by atomic mass is 16.6. The Morgan fingerprint density at radius 1 is 1.00 bits per heavy atom. The van der Waals surface area contributed by atoms with E-state index >= 15 is 0 Å². The maximum Gasteiger partial charge on any atom is 0.314 e. The van der Waals surface area contributed by atoms with Gasteiger partial charge in [-0.1, -0.05) is 80.4 Å². The normalized spacial score (nSPS) is 21.9. The molecule has 0 spiro atoms. The molecular formula is C24H28O3. The highest BCUT2D eigenvalue weighted by Crippen LogP contribution is 2.38. The molecule has 0 fully saturated rings. The molecule has 2 atom stereocenters. The Bertz CT molecular complexity index is 764. The smallest absolute Gasteiger partial charge is 0.314 e. The van der Waals surface area contributed by atoms with Gasteiger partial charge in [0.2, 0.25) is 0 Å². The summed E-state index contributed by atoms with van der Waals surface area (Å²) >= 11 is 0. The van der Waals surface area contributed by atoms with Crippen LogP contribution in [0.1, 0.15) is 49.3 Å². The molecule has 0 radical (unpaired) electrons. The van der Waals surface area contributed by atoms with E-state index in [-0.39, 0.29) is 18.5 Å². The summed E-state index contributed by atoms with van der Waals surface area (Å²) in [5, 5.41) is 9.16. The monoisotopic (exact) mass is 364 g/mol. The molecule has 0 aliphatic carbocycles. The van der Waals surface area contributed by atoms with Gasteiger partial charge < -0.3 is 9.84 Å². The van der Waals surface area contributed by atoms with E-state index in [9.17, 15) is 4.79 Å². The van der Waals surface area contributed by atoms with Gasteiger partial charge in [-0.3, -0.25) is 4.79 Å². The Kier molecular flexibility index (Phi) is 6.46. The molecule has 142 valence electrons. The Morgan fingerprint density at radius 3 is 2.33 bits per heavy atom. The average molecular weight is 364 g/mol. The van der Waals surface area contributed by atoms with Gasteiger partial charge in [-0.05, 0) is 42.0 Å². The zero-order valence-electron chi connectivity index (χ0n) is 15.9. The number of ether oxygens (including phenoxy) is 1. The van der Waals surface area contributed by atoms with Crippen LogP contribution < -0.4 is 0 Å². The second-order valence-corrected chi connectivity index (χ2v) is 7.28. The number of unbranched alkanes of at least 4 members (excludes halogenated alkanes) is 2. The van der Waals surface area contributed by atoms with Gasteiger partial charge in [0.05, 0.1) is 12.5 Å². The minimum Gasteiger partial charge on any atom is -0.449 e. The van der Waals surface area contributed by atoms with Crippen molar-refractivity contribution in [2.24, 2.45) is 5.92 Å². The largest absolute Gasteiger partial charge is 0.449 e. The van der Waals surface area contributed by atoms with Crippen molar-refractivity contribution >= 4 is 5.97 Å². The van der Waals surface area contributed by atoms with Crippen LogP contribution in [0.3, 0.4) is 0 Å². The van der Waals surface area contributed by atoms with Gasteiger partial charge in [0.25, 0.3) is 0 Å². The van der Waals surface area contributed by atoms with Crippen LogP contribution in [0.15, 0.2) is 66.7 Å². The molecule has 2 unspecified atom stereocenters. The van der Waals surface area contributed by atoms with Gasteiger partial charge in [0.1, 0.15) is 0 Å². The molecule has 0 saturated carbocycles. The van der Waals surface area contributed by atoms with Crippen molar-refractivity contribution in [3.63, 3.8) is 0 Å². The standard InChI is InChI=1S/C24H28O3/c1-2-3-7-15-24(22-8-5-4-6-9-22)16-14-21(23(26)27-24)17-19-10-12-20(18-25)13-11-19/h4-6,8-14,16,21,25H,2-3,7,15,17-18H2,1H3. The van der Waals surface area contributed by atoms with E-state index in [0.29, 0.717) is 6.42 Å². The van der Waals surface area contributed by atoms with Gasteiger partial charge in [-0.2, -0.15) is 0 Å². The van der Waals surface area contributed by atoms with Crippen molar-refractivity contribution in [3.8, 4) is 0 Å². The second kappa shape index (κ2) is 9.01. The first kappa shape index (κ1) is 19.4. The van der Waals surface area contributed by atoms with Gasteiger partial charge in [-0.15, -0.1) is 0 Å². The number of benzene rings is 2. The van der Waals surface area contributed by atoms with E-state index in [1.54, 1.807) is 0 Å². The molecule has 2 aromatic rings. The first-order valence-electron chi connectivity index (χ1n) is 9.83. The summed E-state index contributed by atoms with van der Waals surface area (Å²) in [6.07, 6.45) is 8.81. The van der Waals surface area contributed by atoms with E-state index in [1.807, 2.05) is 60.7 Å². The fraction of sp³-hybridized carbons (Fsp3) is 0.375. The van der Waals surface area contributed by atoms with Gasteiger partial charge in [0, 0.05) is 0 Å². The van der Waals surface area contributed by atoms with Gasteiger partial charge >= 0.3 is 5.97 Å². The summed E-state index contributed by atoms with van der Waals surface area (Å²) in [6, 6.07) is 17.8. The Hall–Kier alpha value is -2.39.